The molecular weight excluding hydrogens is 222 g/mol. The minimum atomic E-state index is 0.0322. The maximum atomic E-state index is 12.4. The molecule has 2 heteroatoms. The number of anilines is 1. The smallest absolute Gasteiger partial charge is 0.229 e. The lowest BCUT2D eigenvalue weighted by Crippen LogP contribution is -2.41. The van der Waals surface area contributed by atoms with Crippen LogP contribution < -0.4 is 4.90 Å². The molecular formula is C16H25NO. The van der Waals surface area contributed by atoms with E-state index in [0.29, 0.717) is 0 Å². The fourth-order valence-electron chi connectivity index (χ4n) is 2.20. The summed E-state index contributed by atoms with van der Waals surface area (Å²) in [4.78, 5) is 14.4. The van der Waals surface area contributed by atoms with Gasteiger partial charge in [-0.2, -0.15) is 0 Å². The van der Waals surface area contributed by atoms with E-state index in [1.165, 1.54) is 5.56 Å². The van der Waals surface area contributed by atoms with Crippen LogP contribution in [0.3, 0.4) is 0 Å². The summed E-state index contributed by atoms with van der Waals surface area (Å²) in [6.07, 6.45) is 2.13. The van der Waals surface area contributed by atoms with Crippen molar-refractivity contribution in [1.82, 2.24) is 0 Å². The molecule has 0 saturated heterocycles. The van der Waals surface area contributed by atoms with Gasteiger partial charge in [0.2, 0.25) is 5.91 Å². The molecule has 1 unspecified atom stereocenters. The Morgan fingerprint density at radius 3 is 2.44 bits per heavy atom. The maximum Gasteiger partial charge on any atom is 0.229 e. The normalized spacial score (nSPS) is 12.6. The highest BCUT2D eigenvalue weighted by Gasteiger charge is 2.23. The van der Waals surface area contributed by atoms with Gasteiger partial charge in [0.25, 0.3) is 0 Å². The van der Waals surface area contributed by atoms with E-state index in [0.717, 1.165) is 18.5 Å². The van der Waals surface area contributed by atoms with Crippen LogP contribution in [0.25, 0.3) is 0 Å². The Morgan fingerprint density at radius 2 is 1.94 bits per heavy atom. The molecule has 0 fully saturated rings. The molecule has 0 aromatic heterocycles. The molecule has 0 aliphatic rings. The van der Waals surface area contributed by atoms with Crippen molar-refractivity contribution in [3.05, 3.63) is 29.8 Å². The predicted octanol–water partition coefficient (Wildman–Crippen LogP) is 4.17. The number of benzene rings is 1. The van der Waals surface area contributed by atoms with Crippen LogP contribution in [0.2, 0.25) is 0 Å². The molecule has 1 atom stereocenters. The number of carbonyl (C=O) groups excluding carboxylic acids is 1. The number of carbonyl (C=O) groups is 1. The molecule has 0 aliphatic heterocycles. The zero-order valence-corrected chi connectivity index (χ0v) is 12.2. The van der Waals surface area contributed by atoms with Crippen molar-refractivity contribution < 1.29 is 4.79 Å². The first-order chi connectivity index (χ1) is 8.47. The Balaban J connectivity index is 3.07. The van der Waals surface area contributed by atoms with Crippen LogP contribution in [0.1, 0.15) is 46.1 Å². The summed E-state index contributed by atoms with van der Waals surface area (Å²) in [5, 5.41) is 0. The van der Waals surface area contributed by atoms with Crippen molar-refractivity contribution in [2.45, 2.75) is 53.5 Å². The first-order valence-corrected chi connectivity index (χ1v) is 6.87. The first kappa shape index (κ1) is 14.7. The van der Waals surface area contributed by atoms with Crippen LogP contribution in [0.5, 0.6) is 0 Å². The monoisotopic (exact) mass is 247 g/mol. The third-order valence-electron chi connectivity index (χ3n) is 3.16. The fraction of sp³-hybridized carbons (Fsp3) is 0.562. The van der Waals surface area contributed by atoms with E-state index in [4.69, 9.17) is 0 Å². The largest absolute Gasteiger partial charge is 0.309 e. The van der Waals surface area contributed by atoms with Gasteiger partial charge in [0.05, 0.1) is 0 Å². The molecule has 1 amide bonds. The van der Waals surface area contributed by atoms with E-state index in [-0.39, 0.29) is 17.9 Å². The molecule has 1 aromatic rings. The Hall–Kier alpha value is -1.31. The van der Waals surface area contributed by atoms with Gasteiger partial charge in [-0.1, -0.05) is 39.3 Å². The maximum absolute atomic E-state index is 12.4. The summed E-state index contributed by atoms with van der Waals surface area (Å²) >= 11 is 0. The molecule has 1 rings (SSSR count). The third-order valence-corrected chi connectivity index (χ3v) is 3.16. The second kappa shape index (κ2) is 6.58. The highest BCUT2D eigenvalue weighted by atomic mass is 16.2. The molecule has 100 valence electrons. The molecule has 0 bridgehead atoms. The second-order valence-corrected chi connectivity index (χ2v) is 5.34. The van der Waals surface area contributed by atoms with Crippen molar-refractivity contribution in [3.8, 4) is 0 Å². The number of nitrogens with zero attached hydrogens (tertiary/aromatic N) is 1. The van der Waals surface area contributed by atoms with E-state index in [9.17, 15) is 4.79 Å². The number of hydrogen-bond acceptors (Lipinski definition) is 1. The van der Waals surface area contributed by atoms with E-state index < -0.39 is 0 Å². The molecule has 0 aliphatic carbocycles. The van der Waals surface area contributed by atoms with E-state index in [1.54, 1.807) is 0 Å². The molecule has 18 heavy (non-hydrogen) atoms. The minimum Gasteiger partial charge on any atom is -0.309 e. The lowest BCUT2D eigenvalue weighted by atomic mass is 10.1. The topological polar surface area (TPSA) is 20.3 Å². The molecule has 0 N–H and O–H groups in total. The van der Waals surface area contributed by atoms with Crippen molar-refractivity contribution in [3.63, 3.8) is 0 Å². The predicted molar refractivity (Wildman–Crippen MR) is 77.9 cm³/mol. The number of rotatable bonds is 5. The van der Waals surface area contributed by atoms with Crippen LogP contribution >= 0.6 is 0 Å². The molecule has 1 aromatic carbocycles. The van der Waals surface area contributed by atoms with Gasteiger partial charge in [-0.15, -0.1) is 0 Å². The quantitative estimate of drug-likeness (QED) is 0.764. The average Bonchev–Trinajstić information content (AvgIpc) is 2.29. The van der Waals surface area contributed by atoms with E-state index in [1.807, 2.05) is 30.9 Å². The van der Waals surface area contributed by atoms with Crippen molar-refractivity contribution in [2.24, 2.45) is 5.92 Å². The Kier molecular flexibility index (Phi) is 5.39. The number of hydrogen-bond donors (Lipinski definition) is 0. The Bertz CT molecular complexity index is 398. The molecule has 0 radical (unpaired) electrons. The molecule has 2 nitrogen and oxygen atoms in total. The Labute approximate surface area is 111 Å². The summed E-state index contributed by atoms with van der Waals surface area (Å²) in [7, 11) is 0. The highest BCUT2D eigenvalue weighted by Crippen LogP contribution is 2.22. The lowest BCUT2D eigenvalue weighted by molar-refractivity contribution is -0.121. The van der Waals surface area contributed by atoms with Crippen LogP contribution in [-0.2, 0) is 4.79 Å². The fourth-order valence-corrected chi connectivity index (χ4v) is 2.20. The minimum absolute atomic E-state index is 0.0322. The van der Waals surface area contributed by atoms with Gasteiger partial charge in [-0.05, 0) is 38.0 Å². The van der Waals surface area contributed by atoms with Gasteiger partial charge in [-0.25, -0.2) is 0 Å². The molecule has 0 spiro atoms. The van der Waals surface area contributed by atoms with Crippen molar-refractivity contribution >= 4 is 11.6 Å². The summed E-state index contributed by atoms with van der Waals surface area (Å²) < 4.78 is 0. The van der Waals surface area contributed by atoms with E-state index >= 15 is 0 Å². The summed E-state index contributed by atoms with van der Waals surface area (Å²) in [6.45, 7) is 10.3. The van der Waals surface area contributed by atoms with Gasteiger partial charge in [-0.3, -0.25) is 4.79 Å². The highest BCUT2D eigenvalue weighted by molar-refractivity contribution is 5.95. The van der Waals surface area contributed by atoms with Gasteiger partial charge in [0, 0.05) is 17.6 Å². The van der Waals surface area contributed by atoms with Crippen LogP contribution in [0, 0.1) is 12.8 Å². The summed E-state index contributed by atoms with van der Waals surface area (Å²) in [5.74, 6) is 0.242. The van der Waals surface area contributed by atoms with Gasteiger partial charge in [0.15, 0.2) is 0 Å². The standard InChI is InChI=1S/C16H25NO/c1-6-8-14(5)17(16(18)12(2)3)15-10-7-9-13(4)11-15/h7,9-12,14H,6,8H2,1-5H3. The van der Waals surface area contributed by atoms with Crippen molar-refractivity contribution in [1.29, 1.82) is 0 Å². The van der Waals surface area contributed by atoms with Crippen LogP contribution in [-0.4, -0.2) is 11.9 Å². The van der Waals surface area contributed by atoms with Gasteiger partial charge < -0.3 is 4.90 Å². The number of amides is 1. The van der Waals surface area contributed by atoms with Crippen LogP contribution in [0.15, 0.2) is 24.3 Å². The summed E-state index contributed by atoms with van der Waals surface area (Å²) in [5.41, 5.74) is 2.22. The zero-order chi connectivity index (χ0) is 13.7. The SMILES string of the molecule is CCCC(C)N(C(=O)C(C)C)c1cccc(C)c1. The lowest BCUT2D eigenvalue weighted by Gasteiger charge is -2.31. The molecule has 0 heterocycles. The van der Waals surface area contributed by atoms with Gasteiger partial charge in [0.1, 0.15) is 0 Å². The van der Waals surface area contributed by atoms with Crippen LogP contribution in [0.4, 0.5) is 5.69 Å². The molecule has 0 saturated carbocycles. The second-order valence-electron chi connectivity index (χ2n) is 5.34. The first-order valence-electron chi connectivity index (χ1n) is 6.87. The number of aryl methyl sites for hydroxylation is 1. The Morgan fingerprint density at radius 1 is 1.28 bits per heavy atom. The van der Waals surface area contributed by atoms with E-state index in [2.05, 4.69) is 32.9 Å². The zero-order valence-electron chi connectivity index (χ0n) is 12.2. The summed E-state index contributed by atoms with van der Waals surface area (Å²) in [6, 6.07) is 8.45. The average molecular weight is 247 g/mol. The van der Waals surface area contributed by atoms with Crippen molar-refractivity contribution in [2.75, 3.05) is 4.90 Å². The third kappa shape index (κ3) is 3.59. The van der Waals surface area contributed by atoms with Gasteiger partial charge >= 0.3 is 0 Å².